The predicted molar refractivity (Wildman–Crippen MR) is 113 cm³/mol. The number of aryl methyl sites for hydroxylation is 1. The van der Waals surface area contributed by atoms with Crippen LogP contribution in [-0.2, 0) is 22.3 Å². The van der Waals surface area contributed by atoms with Gasteiger partial charge in [0.15, 0.2) is 6.29 Å². The number of para-hydroxylation sites is 1. The molecule has 1 N–H and O–H groups in total. The van der Waals surface area contributed by atoms with E-state index in [1.807, 2.05) is 0 Å². The van der Waals surface area contributed by atoms with Gasteiger partial charge in [0.25, 0.3) is 0 Å². The number of rotatable bonds is 5. The van der Waals surface area contributed by atoms with Crippen LogP contribution in [0.15, 0.2) is 54.6 Å². The van der Waals surface area contributed by atoms with Gasteiger partial charge in [-0.1, -0.05) is 48.5 Å². The van der Waals surface area contributed by atoms with Gasteiger partial charge >= 0.3 is 0 Å². The maximum Gasteiger partial charge on any atom is 0.157 e. The average molecular weight is 376 g/mol. The number of ether oxygens (including phenoxy) is 2. The number of H-pyrrole nitrogens is 1. The van der Waals surface area contributed by atoms with Gasteiger partial charge in [-0.25, -0.2) is 0 Å². The van der Waals surface area contributed by atoms with Crippen molar-refractivity contribution in [3.8, 4) is 0 Å². The second-order valence-electron chi connectivity index (χ2n) is 8.29. The van der Waals surface area contributed by atoms with Crippen LogP contribution >= 0.6 is 0 Å². The molecule has 1 aliphatic heterocycles. The minimum Gasteiger partial charge on any atom is -0.358 e. The van der Waals surface area contributed by atoms with Gasteiger partial charge in [0.2, 0.25) is 0 Å². The summed E-state index contributed by atoms with van der Waals surface area (Å²) >= 11 is 0. The van der Waals surface area contributed by atoms with Crippen molar-refractivity contribution in [3.63, 3.8) is 0 Å². The normalized spacial score (nSPS) is 24.9. The van der Waals surface area contributed by atoms with E-state index in [1.165, 1.54) is 40.6 Å². The molecule has 1 fully saturated rings. The molecule has 0 amide bonds. The number of aromatic nitrogens is 1. The molecule has 3 nitrogen and oxygen atoms in total. The molecule has 0 saturated carbocycles. The van der Waals surface area contributed by atoms with Gasteiger partial charge in [0.1, 0.15) is 0 Å². The summed E-state index contributed by atoms with van der Waals surface area (Å²) in [5, 5.41) is 1.37. The van der Waals surface area contributed by atoms with E-state index in [0.717, 1.165) is 38.9 Å². The molecule has 1 aromatic heterocycles. The van der Waals surface area contributed by atoms with Gasteiger partial charge in [0, 0.05) is 29.1 Å². The molecule has 0 bridgehead atoms. The van der Waals surface area contributed by atoms with Gasteiger partial charge in [-0.2, -0.15) is 0 Å². The summed E-state index contributed by atoms with van der Waals surface area (Å²) in [6, 6.07) is 19.6. The van der Waals surface area contributed by atoms with E-state index in [4.69, 9.17) is 9.47 Å². The van der Waals surface area contributed by atoms with Crippen LogP contribution < -0.4 is 0 Å². The van der Waals surface area contributed by atoms with Crippen LogP contribution in [0.3, 0.4) is 0 Å². The van der Waals surface area contributed by atoms with Crippen LogP contribution in [0.1, 0.15) is 48.4 Å². The van der Waals surface area contributed by atoms with Crippen LogP contribution in [0.5, 0.6) is 0 Å². The second-order valence-corrected chi connectivity index (χ2v) is 8.29. The molecule has 1 saturated heterocycles. The van der Waals surface area contributed by atoms with Crippen LogP contribution in [-0.4, -0.2) is 24.5 Å². The highest BCUT2D eigenvalue weighted by molar-refractivity contribution is 5.85. The maximum absolute atomic E-state index is 6.33. The average Bonchev–Trinajstić information content (AvgIpc) is 3.13. The molecule has 0 radical (unpaired) electrons. The zero-order chi connectivity index (χ0) is 18.8. The van der Waals surface area contributed by atoms with Crippen molar-refractivity contribution in [3.05, 3.63) is 71.4 Å². The van der Waals surface area contributed by atoms with Crippen molar-refractivity contribution in [2.24, 2.45) is 5.92 Å². The lowest BCUT2D eigenvalue weighted by Gasteiger charge is -2.34. The van der Waals surface area contributed by atoms with Gasteiger partial charge in [-0.05, 0) is 61.6 Å². The SMILES string of the molecule is c1ccc(CC2CCc3[nH]c4ccccc4c3C2COC2CCCCO2)cc1. The zero-order valence-corrected chi connectivity index (χ0v) is 16.4. The Morgan fingerprint density at radius 3 is 2.68 bits per heavy atom. The van der Waals surface area contributed by atoms with Crippen molar-refractivity contribution in [1.29, 1.82) is 0 Å². The highest BCUT2D eigenvalue weighted by Gasteiger charge is 2.33. The molecule has 3 aromatic rings. The van der Waals surface area contributed by atoms with Crippen LogP contribution in [0.4, 0.5) is 0 Å². The number of fused-ring (bicyclic) bond motifs is 3. The molecule has 146 valence electrons. The predicted octanol–water partition coefficient (Wildman–Crippen LogP) is 5.60. The third-order valence-electron chi connectivity index (χ3n) is 6.47. The van der Waals surface area contributed by atoms with Crippen LogP contribution in [0, 0.1) is 5.92 Å². The first-order valence-corrected chi connectivity index (χ1v) is 10.7. The highest BCUT2D eigenvalue weighted by Crippen LogP contribution is 2.42. The second kappa shape index (κ2) is 8.10. The van der Waals surface area contributed by atoms with E-state index in [1.54, 1.807) is 0 Å². The van der Waals surface area contributed by atoms with Crippen molar-refractivity contribution in [2.45, 2.75) is 50.7 Å². The summed E-state index contributed by atoms with van der Waals surface area (Å²) < 4.78 is 12.2. The quantitative estimate of drug-likeness (QED) is 0.630. The van der Waals surface area contributed by atoms with E-state index in [-0.39, 0.29) is 6.29 Å². The fourth-order valence-corrected chi connectivity index (χ4v) is 5.04. The molecule has 3 unspecified atom stereocenters. The maximum atomic E-state index is 6.33. The topological polar surface area (TPSA) is 34.2 Å². The Kier molecular flexibility index (Phi) is 5.20. The summed E-state index contributed by atoms with van der Waals surface area (Å²) in [6.45, 7) is 1.58. The first-order chi connectivity index (χ1) is 13.9. The molecule has 1 aliphatic carbocycles. The van der Waals surface area contributed by atoms with E-state index < -0.39 is 0 Å². The minimum absolute atomic E-state index is 0.0262. The van der Waals surface area contributed by atoms with Gasteiger partial charge in [-0.15, -0.1) is 0 Å². The van der Waals surface area contributed by atoms with Crippen LogP contribution in [0.25, 0.3) is 10.9 Å². The molecule has 2 aliphatic rings. The molecule has 0 spiro atoms. The summed E-state index contributed by atoms with van der Waals surface area (Å²) in [5.41, 5.74) is 5.57. The Bertz CT molecular complexity index is 911. The minimum atomic E-state index is -0.0262. The van der Waals surface area contributed by atoms with Crippen molar-refractivity contribution in [2.75, 3.05) is 13.2 Å². The molecule has 2 heterocycles. The number of benzene rings is 2. The molecule has 28 heavy (non-hydrogen) atoms. The fraction of sp³-hybridized carbons (Fsp3) is 0.440. The van der Waals surface area contributed by atoms with Gasteiger partial charge < -0.3 is 14.5 Å². The Balaban J connectivity index is 1.45. The van der Waals surface area contributed by atoms with Crippen molar-refractivity contribution in [1.82, 2.24) is 4.98 Å². The largest absolute Gasteiger partial charge is 0.358 e. The Morgan fingerprint density at radius 1 is 0.964 bits per heavy atom. The number of nitrogens with one attached hydrogen (secondary N) is 1. The lowest BCUT2D eigenvalue weighted by molar-refractivity contribution is -0.167. The lowest BCUT2D eigenvalue weighted by atomic mass is 9.74. The lowest BCUT2D eigenvalue weighted by Crippen LogP contribution is -2.30. The fourth-order valence-electron chi connectivity index (χ4n) is 5.04. The summed E-state index contributed by atoms with van der Waals surface area (Å²) in [7, 11) is 0. The zero-order valence-electron chi connectivity index (χ0n) is 16.4. The number of hydrogen-bond acceptors (Lipinski definition) is 2. The van der Waals surface area contributed by atoms with Crippen LogP contribution in [0.2, 0.25) is 0 Å². The van der Waals surface area contributed by atoms with E-state index in [0.29, 0.717) is 11.8 Å². The first-order valence-electron chi connectivity index (χ1n) is 10.7. The molecular formula is C25H29NO2. The van der Waals surface area contributed by atoms with E-state index in [2.05, 4.69) is 59.6 Å². The smallest absolute Gasteiger partial charge is 0.157 e. The third-order valence-corrected chi connectivity index (χ3v) is 6.47. The van der Waals surface area contributed by atoms with Gasteiger partial charge in [-0.3, -0.25) is 0 Å². The van der Waals surface area contributed by atoms with E-state index in [9.17, 15) is 0 Å². The summed E-state index contributed by atoms with van der Waals surface area (Å²) in [5.74, 6) is 1.00. The Hall–Kier alpha value is -2.10. The van der Waals surface area contributed by atoms with Gasteiger partial charge in [0.05, 0.1) is 6.61 Å². The van der Waals surface area contributed by atoms with Crippen molar-refractivity contribution < 1.29 is 9.47 Å². The summed E-state index contributed by atoms with van der Waals surface area (Å²) in [6.07, 6.45) is 6.80. The number of aromatic amines is 1. The molecule has 3 heteroatoms. The highest BCUT2D eigenvalue weighted by atomic mass is 16.7. The summed E-state index contributed by atoms with van der Waals surface area (Å²) in [4.78, 5) is 3.68. The standard InChI is InChI=1S/C25H29NO2/c1-2-8-18(9-3-1)16-19-13-14-23-25(20-10-4-5-11-22(20)26-23)21(19)17-28-24-12-6-7-15-27-24/h1-5,8-11,19,21,24,26H,6-7,12-17H2. The first kappa shape index (κ1) is 18.0. The molecule has 2 aromatic carbocycles. The monoisotopic (exact) mass is 375 g/mol. The number of hydrogen-bond donors (Lipinski definition) is 1. The molecular weight excluding hydrogens is 346 g/mol. The Labute approximate surface area is 167 Å². The third kappa shape index (κ3) is 3.61. The molecule has 5 rings (SSSR count). The Morgan fingerprint density at radius 2 is 1.82 bits per heavy atom. The van der Waals surface area contributed by atoms with Crippen molar-refractivity contribution >= 4 is 10.9 Å². The van der Waals surface area contributed by atoms with E-state index >= 15 is 0 Å². The molecule has 3 atom stereocenters.